The minimum absolute atomic E-state index is 0. The highest BCUT2D eigenvalue weighted by Gasteiger charge is 2.10. The topological polar surface area (TPSA) is 44.5 Å². The van der Waals surface area contributed by atoms with Gasteiger partial charge in [-0.2, -0.15) is 0 Å². The molecule has 0 heterocycles. The van der Waals surface area contributed by atoms with Gasteiger partial charge in [-0.25, -0.2) is 0 Å². The molecule has 0 aliphatic heterocycles. The molecule has 1 rings (SSSR count). The summed E-state index contributed by atoms with van der Waals surface area (Å²) in [5.41, 5.74) is 8.21. The Morgan fingerprint density at radius 2 is 2.06 bits per heavy atom. The van der Waals surface area contributed by atoms with Crippen LogP contribution >= 0.6 is 12.4 Å². The van der Waals surface area contributed by atoms with E-state index in [1.54, 1.807) is 7.11 Å². The van der Waals surface area contributed by atoms with Crippen molar-refractivity contribution in [3.05, 3.63) is 35.9 Å². The van der Waals surface area contributed by atoms with Crippen LogP contribution in [-0.4, -0.2) is 13.7 Å². The van der Waals surface area contributed by atoms with E-state index in [4.69, 9.17) is 15.2 Å². The third-order valence-corrected chi connectivity index (χ3v) is 2.48. The lowest BCUT2D eigenvalue weighted by Gasteiger charge is -2.15. The van der Waals surface area contributed by atoms with Gasteiger partial charge in [0.1, 0.15) is 0 Å². The van der Waals surface area contributed by atoms with Crippen LogP contribution in [0.2, 0.25) is 0 Å². The molecule has 0 fully saturated rings. The van der Waals surface area contributed by atoms with E-state index in [1.165, 1.54) is 0 Å². The Hall–Kier alpha value is -1.19. The molecular weight excluding hydrogens is 250 g/mol. The first kappa shape index (κ1) is 16.8. The molecule has 1 aromatic carbocycles. The minimum atomic E-state index is -0.0439. The third-order valence-electron chi connectivity index (χ3n) is 2.48. The van der Waals surface area contributed by atoms with E-state index in [9.17, 15) is 0 Å². The molecule has 0 radical (unpaired) electrons. The Kier molecular flexibility index (Phi) is 7.48. The third kappa shape index (κ3) is 4.59. The smallest absolute Gasteiger partial charge is 0.161 e. The molecule has 0 aliphatic carbocycles. The Balaban J connectivity index is 0.00000289. The Morgan fingerprint density at radius 1 is 1.39 bits per heavy atom. The fourth-order valence-corrected chi connectivity index (χ4v) is 1.69. The number of ether oxygens (including phenoxy) is 2. The van der Waals surface area contributed by atoms with Crippen LogP contribution in [0.4, 0.5) is 0 Å². The summed E-state index contributed by atoms with van der Waals surface area (Å²) in [6.07, 6.45) is 0.776. The maximum atomic E-state index is 6.10. The summed E-state index contributed by atoms with van der Waals surface area (Å²) in [7, 11) is 1.63. The number of hydrogen-bond donors (Lipinski definition) is 1. The average molecular weight is 272 g/mol. The van der Waals surface area contributed by atoms with Gasteiger partial charge in [-0.15, -0.1) is 19.0 Å². The Labute approximate surface area is 115 Å². The number of halogens is 1. The van der Waals surface area contributed by atoms with Crippen molar-refractivity contribution in [1.82, 2.24) is 0 Å². The van der Waals surface area contributed by atoms with Gasteiger partial charge >= 0.3 is 0 Å². The number of benzene rings is 1. The summed E-state index contributed by atoms with van der Waals surface area (Å²) in [4.78, 5) is 0. The normalized spacial score (nSPS) is 11.3. The van der Waals surface area contributed by atoms with Gasteiger partial charge in [-0.3, -0.25) is 0 Å². The molecule has 102 valence electrons. The van der Waals surface area contributed by atoms with Gasteiger partial charge in [0.2, 0.25) is 0 Å². The molecule has 0 spiro atoms. The van der Waals surface area contributed by atoms with Crippen LogP contribution in [0.1, 0.15) is 31.9 Å². The van der Waals surface area contributed by atoms with Crippen molar-refractivity contribution in [2.24, 2.45) is 5.73 Å². The molecule has 0 aliphatic rings. The summed E-state index contributed by atoms with van der Waals surface area (Å²) in [5, 5.41) is 0. The van der Waals surface area contributed by atoms with E-state index in [-0.39, 0.29) is 18.4 Å². The molecule has 0 bridgehead atoms. The van der Waals surface area contributed by atoms with E-state index in [0.29, 0.717) is 6.61 Å². The maximum absolute atomic E-state index is 6.10. The van der Waals surface area contributed by atoms with Crippen LogP contribution in [0, 0.1) is 0 Å². The summed E-state index contributed by atoms with van der Waals surface area (Å²) in [6, 6.07) is 5.75. The lowest BCUT2D eigenvalue weighted by Crippen LogP contribution is -2.10. The lowest BCUT2D eigenvalue weighted by molar-refractivity contribution is 0.310. The number of hydrogen-bond acceptors (Lipinski definition) is 3. The zero-order valence-corrected chi connectivity index (χ0v) is 12.0. The molecule has 0 amide bonds. The van der Waals surface area contributed by atoms with E-state index in [0.717, 1.165) is 29.1 Å². The molecule has 0 aromatic heterocycles. The summed E-state index contributed by atoms with van der Waals surface area (Å²) in [6.45, 7) is 8.41. The SMILES string of the molecule is C=C(C)C[C@@H](N)c1ccc(OC)c(OCC)c1.Cl. The fourth-order valence-electron chi connectivity index (χ4n) is 1.69. The predicted octanol–water partition coefficient (Wildman–Crippen LogP) is 3.48. The zero-order valence-electron chi connectivity index (χ0n) is 11.2. The molecule has 4 heteroatoms. The predicted molar refractivity (Wildman–Crippen MR) is 77.8 cm³/mol. The lowest BCUT2D eigenvalue weighted by atomic mass is 10.0. The fraction of sp³-hybridized carbons (Fsp3) is 0.429. The standard InChI is InChI=1S/C14H21NO2.ClH/c1-5-17-14-9-11(6-7-13(14)16-4)12(15)8-10(2)3;/h6-7,9,12H,2,5,8,15H2,1,3-4H3;1H/t12-;/m1./s1. The van der Waals surface area contributed by atoms with Gasteiger partial charge in [0, 0.05) is 6.04 Å². The molecule has 0 saturated heterocycles. The van der Waals surface area contributed by atoms with Crippen molar-refractivity contribution >= 4 is 12.4 Å². The van der Waals surface area contributed by atoms with Crippen LogP contribution in [0.5, 0.6) is 11.5 Å². The first-order chi connectivity index (χ1) is 8.08. The molecular formula is C14H22ClNO2. The summed E-state index contributed by atoms with van der Waals surface area (Å²) < 4.78 is 10.8. The van der Waals surface area contributed by atoms with Gasteiger partial charge < -0.3 is 15.2 Å². The number of rotatable bonds is 6. The molecule has 1 atom stereocenters. The van der Waals surface area contributed by atoms with Crippen molar-refractivity contribution in [1.29, 1.82) is 0 Å². The van der Waals surface area contributed by atoms with Gasteiger partial charge in [0.15, 0.2) is 11.5 Å². The second-order valence-corrected chi connectivity index (χ2v) is 4.11. The molecule has 0 unspecified atom stereocenters. The van der Waals surface area contributed by atoms with Gasteiger partial charge in [-0.1, -0.05) is 11.6 Å². The van der Waals surface area contributed by atoms with Crippen molar-refractivity contribution < 1.29 is 9.47 Å². The van der Waals surface area contributed by atoms with Gasteiger partial charge in [0.05, 0.1) is 13.7 Å². The minimum Gasteiger partial charge on any atom is -0.493 e. The van der Waals surface area contributed by atoms with E-state index >= 15 is 0 Å². The summed E-state index contributed by atoms with van der Waals surface area (Å²) >= 11 is 0. The van der Waals surface area contributed by atoms with Crippen molar-refractivity contribution in [2.45, 2.75) is 26.3 Å². The monoisotopic (exact) mass is 271 g/mol. The van der Waals surface area contributed by atoms with Crippen molar-refractivity contribution in [2.75, 3.05) is 13.7 Å². The van der Waals surface area contributed by atoms with E-state index < -0.39 is 0 Å². The van der Waals surface area contributed by atoms with Gasteiger partial charge in [0.25, 0.3) is 0 Å². The molecule has 0 saturated carbocycles. The second kappa shape index (κ2) is 8.01. The quantitative estimate of drug-likeness (QED) is 0.806. The van der Waals surface area contributed by atoms with Crippen LogP contribution < -0.4 is 15.2 Å². The van der Waals surface area contributed by atoms with Crippen LogP contribution in [0.15, 0.2) is 30.4 Å². The molecule has 3 nitrogen and oxygen atoms in total. The largest absolute Gasteiger partial charge is 0.493 e. The number of methoxy groups -OCH3 is 1. The van der Waals surface area contributed by atoms with Crippen LogP contribution in [-0.2, 0) is 0 Å². The van der Waals surface area contributed by atoms with Crippen LogP contribution in [0.25, 0.3) is 0 Å². The average Bonchev–Trinajstić information content (AvgIpc) is 2.28. The molecule has 1 aromatic rings. The second-order valence-electron chi connectivity index (χ2n) is 4.11. The first-order valence-corrected chi connectivity index (χ1v) is 5.79. The highest BCUT2D eigenvalue weighted by molar-refractivity contribution is 5.85. The number of nitrogens with two attached hydrogens (primary N) is 1. The highest BCUT2D eigenvalue weighted by atomic mass is 35.5. The van der Waals surface area contributed by atoms with Gasteiger partial charge in [-0.05, 0) is 38.0 Å². The Morgan fingerprint density at radius 3 is 2.56 bits per heavy atom. The zero-order chi connectivity index (χ0) is 12.8. The first-order valence-electron chi connectivity index (χ1n) is 5.79. The van der Waals surface area contributed by atoms with Crippen molar-refractivity contribution in [3.63, 3.8) is 0 Å². The molecule has 18 heavy (non-hydrogen) atoms. The molecule has 2 N–H and O–H groups in total. The van der Waals surface area contributed by atoms with E-state index in [1.807, 2.05) is 32.0 Å². The maximum Gasteiger partial charge on any atom is 0.161 e. The van der Waals surface area contributed by atoms with Crippen LogP contribution in [0.3, 0.4) is 0 Å². The highest BCUT2D eigenvalue weighted by Crippen LogP contribution is 2.31. The van der Waals surface area contributed by atoms with E-state index in [2.05, 4.69) is 6.58 Å². The van der Waals surface area contributed by atoms with Crippen molar-refractivity contribution in [3.8, 4) is 11.5 Å². The summed E-state index contributed by atoms with van der Waals surface area (Å²) in [5.74, 6) is 1.47. The Bertz CT molecular complexity index is 393.